The molecule has 4 rings (SSSR count). The summed E-state index contributed by atoms with van der Waals surface area (Å²) in [6.45, 7) is 14.3. The SMILES string of the molecule is CO[C@]1(C)C[C@H](O[C@H]2[C@H](C)[C@@H](O[C@@H]3OC(C)C[C@H](N(C)C)[C@H]3O)[C@](C)(O)C[C@@H](C)CN(C)C(=O)C(Cc3ccccc3)NC(=O)[C@@H]2C)O[C@@H](C)[C@@H]1OC(C)=O. The third kappa shape index (κ3) is 11.0. The van der Waals surface area contributed by atoms with Gasteiger partial charge < -0.3 is 53.8 Å². The van der Waals surface area contributed by atoms with Crippen LogP contribution in [0.15, 0.2) is 30.3 Å². The van der Waals surface area contributed by atoms with E-state index in [1.165, 1.54) is 14.0 Å². The summed E-state index contributed by atoms with van der Waals surface area (Å²) in [6.07, 6.45) is -5.48. The van der Waals surface area contributed by atoms with Crippen LogP contribution in [0.2, 0.25) is 0 Å². The number of aliphatic hydroxyl groups is 2. The van der Waals surface area contributed by atoms with Gasteiger partial charge in [-0.2, -0.15) is 0 Å². The Morgan fingerprint density at radius 3 is 2.27 bits per heavy atom. The van der Waals surface area contributed by atoms with Gasteiger partial charge in [-0.1, -0.05) is 51.1 Å². The topological polar surface area (TPSA) is 166 Å². The van der Waals surface area contributed by atoms with Crippen LogP contribution in [0.4, 0.5) is 0 Å². The number of ether oxygens (including phenoxy) is 6. The van der Waals surface area contributed by atoms with Gasteiger partial charge in [-0.25, -0.2) is 0 Å². The Kier molecular flexibility index (Phi) is 15.3. The highest BCUT2D eigenvalue weighted by Crippen LogP contribution is 2.40. The number of methoxy groups -OCH3 is 1. The minimum Gasteiger partial charge on any atom is -0.457 e. The number of hydrogen-bond acceptors (Lipinski definition) is 12. The summed E-state index contributed by atoms with van der Waals surface area (Å²) < 4.78 is 37.7. The van der Waals surface area contributed by atoms with E-state index in [4.69, 9.17) is 28.4 Å². The van der Waals surface area contributed by atoms with Gasteiger partial charge in [0.15, 0.2) is 18.7 Å². The summed E-state index contributed by atoms with van der Waals surface area (Å²) in [4.78, 5) is 44.1. The number of benzene rings is 1. The highest BCUT2D eigenvalue weighted by Gasteiger charge is 2.52. The fraction of sp³-hybridized carbons (Fsp3) is 0.780. The molecule has 3 aliphatic heterocycles. The lowest BCUT2D eigenvalue weighted by molar-refractivity contribution is -0.318. The molecule has 15 atom stereocenters. The number of amides is 2. The van der Waals surface area contributed by atoms with Gasteiger partial charge in [0.2, 0.25) is 11.8 Å². The zero-order chi connectivity index (χ0) is 41.0. The molecule has 1 aromatic rings. The molecule has 0 spiro atoms. The molecule has 3 fully saturated rings. The molecule has 55 heavy (non-hydrogen) atoms. The second kappa shape index (κ2) is 18.7. The van der Waals surface area contributed by atoms with Gasteiger partial charge in [-0.3, -0.25) is 14.4 Å². The van der Waals surface area contributed by atoms with Gasteiger partial charge in [0.1, 0.15) is 17.7 Å². The molecule has 2 amide bonds. The van der Waals surface area contributed by atoms with E-state index < -0.39 is 84.1 Å². The van der Waals surface area contributed by atoms with Gasteiger partial charge in [-0.05, 0) is 66.1 Å². The van der Waals surface area contributed by atoms with E-state index in [1.807, 2.05) is 77.0 Å². The summed E-state index contributed by atoms with van der Waals surface area (Å²) in [6, 6.07) is 8.37. The largest absolute Gasteiger partial charge is 0.457 e. The van der Waals surface area contributed by atoms with Crippen LogP contribution in [0.5, 0.6) is 0 Å². The Morgan fingerprint density at radius 2 is 1.67 bits per heavy atom. The van der Waals surface area contributed by atoms with Crippen molar-refractivity contribution in [3.05, 3.63) is 35.9 Å². The standard InChI is InChI=1S/C41H67N3O11/c1-23-20-40(7,49)35(55-39-33(46)31(43(9)10)18-24(2)51-39)25(3)34(54-32-21-41(8,50-12)36(27(5)52-32)53-28(6)45)26(4)37(47)42-30(38(48)44(11)22-23)19-29-16-14-13-15-17-29/h13-17,23-27,30-36,39,46,49H,18-22H2,1-12H3,(H,42,47)/t23-,24?,25+,26-,27+,30?,31+,32+,33-,34+,35-,36+,39+,40-,41-/m1/s1. The average Bonchev–Trinajstić information content (AvgIpc) is 3.10. The highest BCUT2D eigenvalue weighted by molar-refractivity contribution is 5.88. The predicted octanol–water partition coefficient (Wildman–Crippen LogP) is 2.90. The average molecular weight is 778 g/mol. The molecule has 3 aliphatic rings. The molecule has 0 aromatic heterocycles. The van der Waals surface area contributed by atoms with E-state index in [9.17, 15) is 24.6 Å². The van der Waals surface area contributed by atoms with Crippen molar-refractivity contribution in [1.82, 2.24) is 15.1 Å². The molecule has 3 N–H and O–H groups in total. The zero-order valence-corrected chi connectivity index (χ0v) is 34.9. The smallest absolute Gasteiger partial charge is 0.303 e. The number of likely N-dealkylation sites (N-methyl/N-ethyl adjacent to an activating group) is 2. The summed E-state index contributed by atoms with van der Waals surface area (Å²) in [5.74, 6) is -2.99. The lowest BCUT2D eigenvalue weighted by atomic mass is 9.77. The van der Waals surface area contributed by atoms with E-state index in [0.29, 0.717) is 13.0 Å². The fourth-order valence-corrected chi connectivity index (χ4v) is 8.87. The number of rotatable bonds is 9. The Bertz CT molecular complexity index is 1430. The number of hydrogen-bond donors (Lipinski definition) is 3. The molecule has 14 nitrogen and oxygen atoms in total. The van der Waals surface area contributed by atoms with Crippen molar-refractivity contribution in [2.45, 2.75) is 154 Å². The van der Waals surface area contributed by atoms with E-state index in [-0.39, 0.29) is 43.2 Å². The molecule has 3 heterocycles. The first-order chi connectivity index (χ1) is 25.7. The number of aliphatic hydroxyl groups excluding tert-OH is 1. The van der Waals surface area contributed by atoms with Gasteiger partial charge in [0.05, 0.1) is 35.9 Å². The zero-order valence-electron chi connectivity index (χ0n) is 34.9. The molecule has 0 bridgehead atoms. The first kappa shape index (κ1) is 45.0. The third-order valence-electron chi connectivity index (χ3n) is 11.7. The van der Waals surface area contributed by atoms with E-state index >= 15 is 0 Å². The fourth-order valence-electron chi connectivity index (χ4n) is 8.87. The number of carbonyl (C=O) groups is 3. The lowest BCUT2D eigenvalue weighted by Crippen LogP contribution is -2.61. The van der Waals surface area contributed by atoms with Gasteiger partial charge in [-0.15, -0.1) is 0 Å². The maximum atomic E-state index is 14.5. The number of esters is 1. The normalized spacial score (nSPS) is 41.1. The van der Waals surface area contributed by atoms with Crippen molar-refractivity contribution in [2.75, 3.05) is 34.8 Å². The predicted molar refractivity (Wildman–Crippen MR) is 205 cm³/mol. The summed E-state index contributed by atoms with van der Waals surface area (Å²) in [5, 5.41) is 27.1. The second-order valence-electron chi connectivity index (χ2n) is 17.0. The van der Waals surface area contributed by atoms with Crippen molar-refractivity contribution in [1.29, 1.82) is 0 Å². The molecule has 0 saturated carbocycles. The maximum Gasteiger partial charge on any atom is 0.303 e. The van der Waals surface area contributed by atoms with Crippen LogP contribution in [0.1, 0.15) is 80.2 Å². The van der Waals surface area contributed by atoms with Crippen LogP contribution >= 0.6 is 0 Å². The third-order valence-corrected chi connectivity index (χ3v) is 11.7. The molecule has 0 aliphatic carbocycles. The molecule has 1 aromatic carbocycles. The van der Waals surface area contributed by atoms with Crippen molar-refractivity contribution in [3.8, 4) is 0 Å². The van der Waals surface area contributed by atoms with Crippen molar-refractivity contribution in [2.24, 2.45) is 17.8 Å². The molecule has 0 radical (unpaired) electrons. The second-order valence-corrected chi connectivity index (χ2v) is 17.0. The van der Waals surface area contributed by atoms with Gasteiger partial charge >= 0.3 is 5.97 Å². The molecule has 14 heteroatoms. The Morgan fingerprint density at radius 1 is 1.02 bits per heavy atom. The molecular weight excluding hydrogens is 710 g/mol. The van der Waals surface area contributed by atoms with E-state index in [2.05, 4.69) is 5.32 Å². The number of carbonyl (C=O) groups excluding carboxylic acids is 3. The van der Waals surface area contributed by atoms with Crippen LogP contribution in [0.25, 0.3) is 0 Å². The van der Waals surface area contributed by atoms with Crippen LogP contribution in [-0.4, -0.2) is 145 Å². The van der Waals surface area contributed by atoms with E-state index in [1.54, 1.807) is 32.7 Å². The quantitative estimate of drug-likeness (QED) is 0.315. The summed E-state index contributed by atoms with van der Waals surface area (Å²) in [7, 11) is 7.01. The van der Waals surface area contributed by atoms with Crippen LogP contribution in [0.3, 0.4) is 0 Å². The van der Waals surface area contributed by atoms with Crippen LogP contribution in [-0.2, 0) is 49.2 Å². The molecular formula is C41H67N3O11. The van der Waals surface area contributed by atoms with E-state index in [0.717, 1.165) is 5.56 Å². The van der Waals surface area contributed by atoms with Crippen molar-refractivity contribution >= 4 is 17.8 Å². The van der Waals surface area contributed by atoms with Crippen molar-refractivity contribution < 1.29 is 53.0 Å². The van der Waals surface area contributed by atoms with Crippen LogP contribution < -0.4 is 5.32 Å². The highest BCUT2D eigenvalue weighted by atomic mass is 16.7. The van der Waals surface area contributed by atoms with Crippen molar-refractivity contribution in [3.63, 3.8) is 0 Å². The summed E-state index contributed by atoms with van der Waals surface area (Å²) in [5.41, 5.74) is -1.67. The Labute approximate surface area is 327 Å². The Balaban J connectivity index is 1.79. The van der Waals surface area contributed by atoms with Gasteiger partial charge in [0, 0.05) is 52.4 Å². The number of nitrogens with one attached hydrogen (secondary N) is 1. The Hall–Kier alpha value is -2.69. The molecule has 3 saturated heterocycles. The first-order valence-electron chi connectivity index (χ1n) is 19.7. The first-order valence-corrected chi connectivity index (χ1v) is 19.7. The van der Waals surface area contributed by atoms with Gasteiger partial charge in [0.25, 0.3) is 0 Å². The minimum atomic E-state index is -1.56. The molecule has 2 unspecified atom stereocenters. The number of nitrogens with zero attached hydrogens (tertiary/aromatic N) is 2. The van der Waals surface area contributed by atoms with Crippen LogP contribution in [0, 0.1) is 17.8 Å². The lowest BCUT2D eigenvalue weighted by Gasteiger charge is -2.49. The maximum absolute atomic E-state index is 14.5. The monoisotopic (exact) mass is 777 g/mol. The summed E-state index contributed by atoms with van der Waals surface area (Å²) >= 11 is 0. The molecule has 312 valence electrons. The minimum absolute atomic E-state index is 0.148.